The molecule has 4 aromatic carbocycles. The van der Waals surface area contributed by atoms with Crippen LogP contribution in [-0.4, -0.2) is 34.5 Å². The number of carbonyl (C=O) groups excluding carboxylic acids is 1. The molecule has 0 spiro atoms. The number of amides is 1. The average molecular weight is 709 g/mol. The van der Waals surface area contributed by atoms with Crippen molar-refractivity contribution in [1.82, 2.24) is 19.8 Å². The predicted molar refractivity (Wildman–Crippen MR) is 191 cm³/mol. The van der Waals surface area contributed by atoms with Crippen molar-refractivity contribution < 1.29 is 14.3 Å². The molecule has 0 saturated heterocycles. The lowest BCUT2D eigenvalue weighted by atomic mass is 10.1. The van der Waals surface area contributed by atoms with Crippen LogP contribution in [0.3, 0.4) is 0 Å². The number of ether oxygens (including phenoxy) is 2. The lowest BCUT2D eigenvalue weighted by Gasteiger charge is -2.10. The Morgan fingerprint density at radius 2 is 1.43 bits per heavy atom. The maximum Gasteiger partial charge on any atom is 0.271 e. The third-order valence-corrected chi connectivity index (χ3v) is 9.17. The van der Waals surface area contributed by atoms with Crippen molar-refractivity contribution in [3.63, 3.8) is 0 Å². The number of nitrogens with zero attached hydrogens (tertiary/aromatic N) is 4. The number of rotatable bonds is 11. The second kappa shape index (κ2) is 14.7. The van der Waals surface area contributed by atoms with Crippen molar-refractivity contribution >= 4 is 33.2 Å². The molecule has 1 N–H and O–H groups in total. The van der Waals surface area contributed by atoms with Crippen LogP contribution in [0.15, 0.2) is 118 Å². The molecular weight excluding hydrogens is 674 g/mol. The van der Waals surface area contributed by atoms with E-state index >= 15 is 0 Å². The monoisotopic (exact) mass is 707 g/mol. The van der Waals surface area contributed by atoms with E-state index in [4.69, 9.17) is 14.6 Å². The first kappa shape index (κ1) is 32.0. The second-order valence-corrected chi connectivity index (χ2v) is 12.6. The Hall–Kier alpha value is -4.93. The fourth-order valence-electron chi connectivity index (χ4n) is 5.17. The summed E-state index contributed by atoms with van der Waals surface area (Å²) < 4.78 is 15.8. The van der Waals surface area contributed by atoms with Gasteiger partial charge in [0.15, 0.2) is 0 Å². The van der Waals surface area contributed by atoms with Crippen LogP contribution in [-0.2, 0) is 6.54 Å². The van der Waals surface area contributed by atoms with Crippen LogP contribution in [0.5, 0.6) is 11.5 Å². The predicted octanol–water partition coefficient (Wildman–Crippen LogP) is 8.56. The molecule has 6 rings (SSSR count). The zero-order valence-electron chi connectivity index (χ0n) is 26.3. The van der Waals surface area contributed by atoms with E-state index in [9.17, 15) is 4.79 Å². The number of unbranched alkanes of at least 4 members (excludes halogenated alkanes) is 1. The fraction of sp³-hybridized carbons (Fsp3) is 0.162. The Balaban J connectivity index is 1.28. The summed E-state index contributed by atoms with van der Waals surface area (Å²) in [7, 11) is 3.30. The number of methoxy groups -OCH3 is 2. The van der Waals surface area contributed by atoms with Crippen LogP contribution in [0.4, 0.5) is 0 Å². The molecule has 0 atom stereocenters. The van der Waals surface area contributed by atoms with Gasteiger partial charge in [-0.25, -0.2) is 10.1 Å². The Bertz CT molecular complexity index is 2030. The van der Waals surface area contributed by atoms with Gasteiger partial charge < -0.3 is 14.0 Å². The first-order valence-electron chi connectivity index (χ1n) is 15.2. The van der Waals surface area contributed by atoms with Crippen molar-refractivity contribution in [2.45, 2.75) is 26.3 Å². The van der Waals surface area contributed by atoms with Crippen LogP contribution < -0.4 is 19.7 Å². The molecule has 10 heteroatoms. The van der Waals surface area contributed by atoms with Crippen LogP contribution >= 0.6 is 27.3 Å². The van der Waals surface area contributed by atoms with E-state index in [-0.39, 0.29) is 5.91 Å². The van der Waals surface area contributed by atoms with Crippen LogP contribution in [0.25, 0.3) is 39.5 Å². The molecule has 0 aliphatic rings. The summed E-state index contributed by atoms with van der Waals surface area (Å²) >= 11 is 5.03. The summed E-state index contributed by atoms with van der Waals surface area (Å²) in [6, 6.07) is 33.3. The lowest BCUT2D eigenvalue weighted by molar-refractivity contribution is 0.0953. The van der Waals surface area contributed by atoms with Crippen molar-refractivity contribution in [2.75, 3.05) is 14.2 Å². The van der Waals surface area contributed by atoms with E-state index in [0.29, 0.717) is 5.56 Å². The molecule has 0 radical (unpaired) electrons. The fourth-order valence-corrected chi connectivity index (χ4v) is 6.33. The van der Waals surface area contributed by atoms with Gasteiger partial charge in [0.25, 0.3) is 5.91 Å². The van der Waals surface area contributed by atoms with Gasteiger partial charge in [0.2, 0.25) is 4.80 Å². The van der Waals surface area contributed by atoms with E-state index in [0.717, 1.165) is 79.6 Å². The van der Waals surface area contributed by atoms with Crippen molar-refractivity contribution in [3.8, 4) is 51.0 Å². The van der Waals surface area contributed by atoms with Crippen molar-refractivity contribution in [3.05, 3.63) is 123 Å². The molecule has 47 heavy (non-hydrogen) atoms. The first-order valence-corrected chi connectivity index (χ1v) is 16.9. The van der Waals surface area contributed by atoms with Gasteiger partial charge in [-0.2, -0.15) is 5.10 Å². The lowest BCUT2D eigenvalue weighted by Crippen LogP contribution is -2.25. The van der Waals surface area contributed by atoms with Gasteiger partial charge in [-0.3, -0.25) is 4.79 Å². The Morgan fingerprint density at radius 3 is 2.04 bits per heavy atom. The van der Waals surface area contributed by atoms with Crippen molar-refractivity contribution in [1.29, 1.82) is 0 Å². The molecule has 2 aromatic heterocycles. The molecule has 0 bridgehead atoms. The van der Waals surface area contributed by atoms with E-state index in [1.165, 1.54) is 11.3 Å². The van der Waals surface area contributed by atoms with E-state index in [1.807, 2.05) is 77.5 Å². The van der Waals surface area contributed by atoms with Gasteiger partial charge in [-0.1, -0.05) is 41.4 Å². The Labute approximate surface area is 286 Å². The summed E-state index contributed by atoms with van der Waals surface area (Å²) in [4.78, 5) is 14.0. The largest absolute Gasteiger partial charge is 0.497 e. The number of halogens is 1. The van der Waals surface area contributed by atoms with E-state index in [1.54, 1.807) is 26.4 Å². The molecule has 8 nitrogen and oxygen atoms in total. The second-order valence-electron chi connectivity index (χ2n) is 10.8. The number of benzene rings is 4. The van der Waals surface area contributed by atoms with Gasteiger partial charge >= 0.3 is 0 Å². The SMILES string of the molecule is CCCCn1c(-c2ccc(Br)cc2)csc1=NNC(=O)c1ccc(-n2nc(-c3ccc(OC)cc3)cc2-c2ccc(OC)cc2)cc1. The summed E-state index contributed by atoms with van der Waals surface area (Å²) in [5, 5.41) is 11.6. The van der Waals surface area contributed by atoms with Gasteiger partial charge in [0.1, 0.15) is 11.5 Å². The highest BCUT2D eigenvalue weighted by molar-refractivity contribution is 9.10. The Kier molecular flexibility index (Phi) is 9.99. The molecule has 0 aliphatic heterocycles. The molecule has 0 fully saturated rings. The highest BCUT2D eigenvalue weighted by Crippen LogP contribution is 2.31. The molecule has 0 unspecified atom stereocenters. The van der Waals surface area contributed by atoms with Crippen LogP contribution in [0.2, 0.25) is 0 Å². The zero-order chi connectivity index (χ0) is 32.8. The highest BCUT2D eigenvalue weighted by atomic mass is 79.9. The number of carbonyl (C=O) groups is 1. The average Bonchev–Trinajstić information content (AvgIpc) is 3.75. The van der Waals surface area contributed by atoms with Gasteiger partial charge in [0, 0.05) is 33.1 Å². The first-order chi connectivity index (χ1) is 23.0. The number of hydrogen-bond acceptors (Lipinski definition) is 6. The molecule has 1 amide bonds. The van der Waals surface area contributed by atoms with Crippen molar-refractivity contribution in [2.24, 2.45) is 5.10 Å². The van der Waals surface area contributed by atoms with Crippen LogP contribution in [0.1, 0.15) is 30.1 Å². The number of hydrogen-bond donors (Lipinski definition) is 1. The third kappa shape index (κ3) is 7.24. The highest BCUT2D eigenvalue weighted by Gasteiger charge is 2.15. The van der Waals surface area contributed by atoms with Crippen LogP contribution in [0, 0.1) is 0 Å². The standard InChI is InChI=1S/C37H34BrN5O3S/c1-4-5-22-42-35(27-6-14-29(38)15-7-27)24-47-37(42)40-39-36(44)28-8-16-30(17-9-28)43-34(26-12-20-32(46-3)21-13-26)23-33(41-43)25-10-18-31(45-2)19-11-25/h6-21,23-24H,4-5,22H2,1-3H3,(H,39,44). The number of nitrogens with one attached hydrogen (secondary N) is 1. The van der Waals surface area contributed by atoms with Gasteiger partial charge in [-0.15, -0.1) is 16.4 Å². The van der Waals surface area contributed by atoms with Gasteiger partial charge in [-0.05, 0) is 103 Å². The smallest absolute Gasteiger partial charge is 0.271 e. The molecule has 0 aliphatic carbocycles. The Morgan fingerprint density at radius 1 is 0.830 bits per heavy atom. The van der Waals surface area contributed by atoms with Gasteiger partial charge in [0.05, 0.1) is 37.0 Å². The summed E-state index contributed by atoms with van der Waals surface area (Å²) in [6.07, 6.45) is 2.06. The molecule has 238 valence electrons. The maximum atomic E-state index is 13.2. The minimum atomic E-state index is -0.285. The van der Waals surface area contributed by atoms with E-state index in [2.05, 4.69) is 61.5 Å². The molecule has 0 saturated carbocycles. The molecular formula is C37H34BrN5O3S. The third-order valence-electron chi connectivity index (χ3n) is 7.78. The zero-order valence-corrected chi connectivity index (χ0v) is 28.7. The minimum Gasteiger partial charge on any atom is -0.497 e. The summed E-state index contributed by atoms with van der Waals surface area (Å²) in [6.45, 7) is 2.98. The minimum absolute atomic E-state index is 0.285. The normalized spacial score (nSPS) is 11.4. The number of aromatic nitrogens is 3. The number of thiazole rings is 1. The summed E-state index contributed by atoms with van der Waals surface area (Å²) in [5.41, 5.74) is 9.93. The molecule has 2 heterocycles. The van der Waals surface area contributed by atoms with E-state index < -0.39 is 0 Å². The molecule has 6 aromatic rings. The quantitative estimate of drug-likeness (QED) is 0.137. The summed E-state index contributed by atoms with van der Waals surface area (Å²) in [5.74, 6) is 1.27. The topological polar surface area (TPSA) is 82.7 Å². The maximum absolute atomic E-state index is 13.2.